The summed E-state index contributed by atoms with van der Waals surface area (Å²) < 4.78 is 0. The molecule has 0 N–H and O–H groups in total. The van der Waals surface area contributed by atoms with Crippen LogP contribution in [0, 0.1) is 17.2 Å². The molecular weight excluding hydrogens is 170 g/mol. The molecule has 12 heavy (non-hydrogen) atoms. The predicted octanol–water partition coefficient (Wildman–Crippen LogP) is 3.04. The van der Waals surface area contributed by atoms with Crippen LogP contribution in [0.4, 0.5) is 0 Å². The van der Waals surface area contributed by atoms with E-state index < -0.39 is 0 Å². The zero-order chi connectivity index (χ0) is 8.97. The normalized spacial score (nSPS) is 12.1. The van der Waals surface area contributed by atoms with E-state index in [9.17, 15) is 0 Å². The quantitative estimate of drug-likeness (QED) is 0.685. The number of nitriles is 1. The molecule has 1 atom stereocenters. The summed E-state index contributed by atoms with van der Waals surface area (Å²) >= 11 is 5.72. The fraction of sp³-hybridized carbons (Fsp3) is 0.300. The maximum Gasteiger partial charge on any atom is 0.0656 e. The highest BCUT2D eigenvalue weighted by Crippen LogP contribution is 2.12. The van der Waals surface area contributed by atoms with Crippen molar-refractivity contribution in [3.63, 3.8) is 0 Å². The maximum absolute atomic E-state index is 8.57. The van der Waals surface area contributed by atoms with Crippen molar-refractivity contribution in [3.05, 3.63) is 34.9 Å². The molecule has 1 nitrogen and oxygen atoms in total. The van der Waals surface area contributed by atoms with E-state index >= 15 is 0 Å². The fourth-order valence-corrected chi connectivity index (χ4v) is 1.15. The van der Waals surface area contributed by atoms with E-state index in [0.717, 1.165) is 17.0 Å². The standard InChI is InChI=1S/C10H10ClN/c1-8(7-12)6-9-2-4-10(11)5-3-9/h2-5,8H,6H2,1H3/t8-/m0/s1. The van der Waals surface area contributed by atoms with Crippen LogP contribution in [0.5, 0.6) is 0 Å². The third-order valence-electron chi connectivity index (χ3n) is 1.68. The van der Waals surface area contributed by atoms with E-state index in [1.165, 1.54) is 0 Å². The van der Waals surface area contributed by atoms with Gasteiger partial charge < -0.3 is 0 Å². The van der Waals surface area contributed by atoms with Gasteiger partial charge in [0.05, 0.1) is 6.07 Å². The first-order valence-corrected chi connectivity index (χ1v) is 4.24. The first kappa shape index (κ1) is 9.09. The van der Waals surface area contributed by atoms with E-state index in [0.29, 0.717) is 0 Å². The van der Waals surface area contributed by atoms with Crippen LogP contribution < -0.4 is 0 Å². The van der Waals surface area contributed by atoms with Crippen LogP contribution in [0.1, 0.15) is 12.5 Å². The number of hydrogen-bond donors (Lipinski definition) is 0. The number of benzene rings is 1. The molecule has 0 spiro atoms. The van der Waals surface area contributed by atoms with E-state index in [-0.39, 0.29) is 5.92 Å². The third-order valence-corrected chi connectivity index (χ3v) is 1.93. The molecule has 1 rings (SSSR count). The van der Waals surface area contributed by atoms with Crippen LogP contribution in [-0.4, -0.2) is 0 Å². The van der Waals surface area contributed by atoms with Gasteiger partial charge in [0, 0.05) is 10.9 Å². The van der Waals surface area contributed by atoms with Gasteiger partial charge in [-0.1, -0.05) is 23.7 Å². The van der Waals surface area contributed by atoms with E-state index in [4.69, 9.17) is 16.9 Å². The van der Waals surface area contributed by atoms with Crippen molar-refractivity contribution in [1.82, 2.24) is 0 Å². The topological polar surface area (TPSA) is 23.8 Å². The summed E-state index contributed by atoms with van der Waals surface area (Å²) in [5.74, 6) is 0.0752. The van der Waals surface area contributed by atoms with Crippen molar-refractivity contribution >= 4 is 11.6 Å². The molecule has 0 saturated heterocycles. The molecule has 0 aromatic heterocycles. The summed E-state index contributed by atoms with van der Waals surface area (Å²) in [5, 5.41) is 9.31. The average Bonchev–Trinajstić information content (AvgIpc) is 2.09. The summed E-state index contributed by atoms with van der Waals surface area (Å²) in [6.45, 7) is 1.91. The molecule has 0 heterocycles. The minimum absolute atomic E-state index is 0.0752. The molecule has 0 aliphatic heterocycles. The van der Waals surface area contributed by atoms with Crippen LogP contribution in [0.2, 0.25) is 5.02 Å². The van der Waals surface area contributed by atoms with Gasteiger partial charge in [-0.2, -0.15) is 5.26 Å². The zero-order valence-electron chi connectivity index (χ0n) is 6.92. The second-order valence-corrected chi connectivity index (χ2v) is 3.30. The predicted molar refractivity (Wildman–Crippen MR) is 49.9 cm³/mol. The molecule has 0 radical (unpaired) electrons. The Morgan fingerprint density at radius 2 is 2.00 bits per heavy atom. The molecule has 0 unspecified atom stereocenters. The zero-order valence-corrected chi connectivity index (χ0v) is 7.67. The summed E-state index contributed by atoms with van der Waals surface area (Å²) in [6, 6.07) is 9.80. The fourth-order valence-electron chi connectivity index (χ4n) is 1.02. The second-order valence-electron chi connectivity index (χ2n) is 2.86. The number of nitrogens with zero attached hydrogens (tertiary/aromatic N) is 1. The van der Waals surface area contributed by atoms with Gasteiger partial charge in [-0.15, -0.1) is 0 Å². The molecular formula is C10H10ClN. The maximum atomic E-state index is 8.57. The summed E-state index contributed by atoms with van der Waals surface area (Å²) in [7, 11) is 0. The van der Waals surface area contributed by atoms with Gasteiger partial charge in [-0.05, 0) is 31.0 Å². The second kappa shape index (κ2) is 4.13. The van der Waals surface area contributed by atoms with Gasteiger partial charge in [-0.25, -0.2) is 0 Å². The summed E-state index contributed by atoms with van der Waals surface area (Å²) in [6.07, 6.45) is 0.799. The minimum Gasteiger partial charge on any atom is -0.198 e. The van der Waals surface area contributed by atoms with Crippen molar-refractivity contribution in [2.24, 2.45) is 5.92 Å². The van der Waals surface area contributed by atoms with Gasteiger partial charge in [0.2, 0.25) is 0 Å². The molecule has 0 fully saturated rings. The molecule has 62 valence electrons. The smallest absolute Gasteiger partial charge is 0.0656 e. The number of halogens is 1. The van der Waals surface area contributed by atoms with E-state index in [2.05, 4.69) is 6.07 Å². The molecule has 0 aliphatic carbocycles. The van der Waals surface area contributed by atoms with Crippen LogP contribution in [0.25, 0.3) is 0 Å². The van der Waals surface area contributed by atoms with Crippen molar-refractivity contribution in [1.29, 1.82) is 5.26 Å². The highest BCUT2D eigenvalue weighted by Gasteiger charge is 2.00. The monoisotopic (exact) mass is 179 g/mol. The Hall–Kier alpha value is -1.00. The van der Waals surface area contributed by atoms with E-state index in [1.807, 2.05) is 31.2 Å². The van der Waals surface area contributed by atoms with Crippen LogP contribution in [0.15, 0.2) is 24.3 Å². The lowest BCUT2D eigenvalue weighted by Gasteiger charge is -2.01. The Kier molecular flexibility index (Phi) is 3.13. The van der Waals surface area contributed by atoms with Gasteiger partial charge >= 0.3 is 0 Å². The summed E-state index contributed by atoms with van der Waals surface area (Å²) in [4.78, 5) is 0. The molecule has 0 saturated carbocycles. The summed E-state index contributed by atoms with van der Waals surface area (Å²) in [5.41, 5.74) is 1.16. The lowest BCUT2D eigenvalue weighted by atomic mass is 10.0. The van der Waals surface area contributed by atoms with Crippen LogP contribution >= 0.6 is 11.6 Å². The van der Waals surface area contributed by atoms with Crippen LogP contribution in [-0.2, 0) is 6.42 Å². The Bertz CT molecular complexity index is 284. The van der Waals surface area contributed by atoms with Gasteiger partial charge in [-0.3, -0.25) is 0 Å². The first-order chi connectivity index (χ1) is 5.72. The Morgan fingerprint density at radius 3 is 2.50 bits per heavy atom. The van der Waals surface area contributed by atoms with Gasteiger partial charge in [0.15, 0.2) is 0 Å². The first-order valence-electron chi connectivity index (χ1n) is 3.86. The van der Waals surface area contributed by atoms with Gasteiger partial charge in [0.25, 0.3) is 0 Å². The van der Waals surface area contributed by atoms with Crippen molar-refractivity contribution in [3.8, 4) is 6.07 Å². The highest BCUT2D eigenvalue weighted by molar-refractivity contribution is 6.30. The van der Waals surface area contributed by atoms with Crippen LogP contribution in [0.3, 0.4) is 0 Å². The van der Waals surface area contributed by atoms with Crippen molar-refractivity contribution < 1.29 is 0 Å². The van der Waals surface area contributed by atoms with Crippen molar-refractivity contribution in [2.75, 3.05) is 0 Å². The number of rotatable bonds is 2. The van der Waals surface area contributed by atoms with Crippen molar-refractivity contribution in [2.45, 2.75) is 13.3 Å². The minimum atomic E-state index is 0.0752. The molecule has 2 heteroatoms. The molecule has 0 aliphatic rings. The SMILES string of the molecule is C[C@H](C#N)Cc1ccc(Cl)cc1. The molecule has 0 amide bonds. The highest BCUT2D eigenvalue weighted by atomic mass is 35.5. The largest absolute Gasteiger partial charge is 0.198 e. The Morgan fingerprint density at radius 1 is 1.42 bits per heavy atom. The number of hydrogen-bond acceptors (Lipinski definition) is 1. The molecule has 0 bridgehead atoms. The molecule has 1 aromatic carbocycles. The molecule has 1 aromatic rings. The van der Waals surface area contributed by atoms with Gasteiger partial charge in [0.1, 0.15) is 0 Å². The Labute approximate surface area is 77.6 Å². The lowest BCUT2D eigenvalue weighted by Crippen LogP contribution is -1.95. The van der Waals surface area contributed by atoms with E-state index in [1.54, 1.807) is 0 Å². The average molecular weight is 180 g/mol. The lowest BCUT2D eigenvalue weighted by molar-refractivity contribution is 0.739. The Balaban J connectivity index is 2.66. The third kappa shape index (κ3) is 2.56.